The predicted octanol–water partition coefficient (Wildman–Crippen LogP) is 2.64. The molecule has 1 aromatic rings. The zero-order chi connectivity index (χ0) is 11.3. The minimum absolute atomic E-state index is 0.505. The Kier molecular flexibility index (Phi) is 4.43. The Morgan fingerprint density at radius 1 is 1.60 bits per heavy atom. The van der Waals surface area contributed by atoms with Gasteiger partial charge in [-0.05, 0) is 18.6 Å². The van der Waals surface area contributed by atoms with Gasteiger partial charge in [0.15, 0.2) is 0 Å². The standard InChI is InChI=1S/C11H16ClN3/c1-4-7-15(9(2)13-3)10-5-6-11(12)14-8-10/h5-6,8,13H,2,4,7H2,1,3H3. The van der Waals surface area contributed by atoms with Crippen molar-refractivity contribution in [2.45, 2.75) is 13.3 Å². The molecule has 0 saturated heterocycles. The molecule has 0 aromatic carbocycles. The Balaban J connectivity index is 2.88. The number of halogens is 1. The summed E-state index contributed by atoms with van der Waals surface area (Å²) in [7, 11) is 1.86. The van der Waals surface area contributed by atoms with E-state index in [4.69, 9.17) is 11.6 Å². The highest BCUT2D eigenvalue weighted by Crippen LogP contribution is 2.18. The first kappa shape index (κ1) is 11.9. The zero-order valence-corrected chi connectivity index (χ0v) is 9.88. The molecule has 4 heteroatoms. The third-order valence-electron chi connectivity index (χ3n) is 2.09. The number of pyridine rings is 1. The molecule has 0 fully saturated rings. The van der Waals surface area contributed by atoms with Gasteiger partial charge in [-0.15, -0.1) is 0 Å². The summed E-state index contributed by atoms with van der Waals surface area (Å²) in [5.74, 6) is 0.862. The number of nitrogens with zero attached hydrogens (tertiary/aromatic N) is 2. The molecule has 1 rings (SSSR count). The first-order valence-electron chi connectivity index (χ1n) is 4.94. The molecular weight excluding hydrogens is 210 g/mol. The number of rotatable bonds is 5. The van der Waals surface area contributed by atoms with Gasteiger partial charge >= 0.3 is 0 Å². The summed E-state index contributed by atoms with van der Waals surface area (Å²) in [6.07, 6.45) is 2.80. The first-order chi connectivity index (χ1) is 7.19. The molecule has 0 aliphatic heterocycles. The third kappa shape index (κ3) is 3.13. The summed E-state index contributed by atoms with van der Waals surface area (Å²) >= 11 is 5.74. The van der Waals surface area contributed by atoms with Crippen LogP contribution in [0.1, 0.15) is 13.3 Å². The minimum atomic E-state index is 0.505. The van der Waals surface area contributed by atoms with Gasteiger partial charge in [-0.3, -0.25) is 0 Å². The van der Waals surface area contributed by atoms with Gasteiger partial charge in [0.1, 0.15) is 5.15 Å². The van der Waals surface area contributed by atoms with Crippen molar-refractivity contribution < 1.29 is 0 Å². The summed E-state index contributed by atoms with van der Waals surface area (Å²) in [6, 6.07) is 3.72. The number of hydrogen-bond donors (Lipinski definition) is 1. The van der Waals surface area contributed by atoms with E-state index in [1.165, 1.54) is 0 Å². The molecule has 0 spiro atoms. The maximum Gasteiger partial charge on any atom is 0.129 e. The fourth-order valence-electron chi connectivity index (χ4n) is 1.31. The molecule has 0 atom stereocenters. The fourth-order valence-corrected chi connectivity index (χ4v) is 1.42. The van der Waals surface area contributed by atoms with Crippen molar-refractivity contribution in [2.75, 3.05) is 18.5 Å². The van der Waals surface area contributed by atoms with E-state index in [-0.39, 0.29) is 0 Å². The highest BCUT2D eigenvalue weighted by Gasteiger charge is 2.08. The molecule has 15 heavy (non-hydrogen) atoms. The second kappa shape index (κ2) is 5.61. The van der Waals surface area contributed by atoms with Crippen LogP contribution in [0.5, 0.6) is 0 Å². The monoisotopic (exact) mass is 225 g/mol. The van der Waals surface area contributed by atoms with Crippen LogP contribution >= 0.6 is 11.6 Å². The molecule has 0 unspecified atom stereocenters. The van der Waals surface area contributed by atoms with Crippen molar-refractivity contribution in [2.24, 2.45) is 0 Å². The number of hydrogen-bond acceptors (Lipinski definition) is 3. The lowest BCUT2D eigenvalue weighted by atomic mass is 10.3. The summed E-state index contributed by atoms with van der Waals surface area (Å²) in [4.78, 5) is 6.13. The molecule has 0 aliphatic rings. The van der Waals surface area contributed by atoms with Gasteiger partial charge in [0.25, 0.3) is 0 Å². The van der Waals surface area contributed by atoms with Crippen LogP contribution in [0.3, 0.4) is 0 Å². The summed E-state index contributed by atoms with van der Waals surface area (Å²) in [5.41, 5.74) is 1.00. The smallest absolute Gasteiger partial charge is 0.129 e. The normalized spacial score (nSPS) is 9.80. The van der Waals surface area contributed by atoms with Gasteiger partial charge in [-0.2, -0.15) is 0 Å². The van der Waals surface area contributed by atoms with Gasteiger partial charge in [0.05, 0.1) is 17.7 Å². The van der Waals surface area contributed by atoms with Gasteiger partial charge in [0, 0.05) is 13.6 Å². The highest BCUT2D eigenvalue weighted by molar-refractivity contribution is 6.29. The molecule has 0 radical (unpaired) electrons. The molecule has 0 aliphatic carbocycles. The molecule has 0 bridgehead atoms. The van der Waals surface area contributed by atoms with E-state index >= 15 is 0 Å². The van der Waals surface area contributed by atoms with E-state index in [1.807, 2.05) is 13.1 Å². The average molecular weight is 226 g/mol. The van der Waals surface area contributed by atoms with Crippen molar-refractivity contribution in [1.29, 1.82) is 0 Å². The van der Waals surface area contributed by atoms with E-state index in [2.05, 4.69) is 28.7 Å². The van der Waals surface area contributed by atoms with Crippen LogP contribution < -0.4 is 10.2 Å². The molecule has 1 N–H and O–H groups in total. The van der Waals surface area contributed by atoms with E-state index < -0.39 is 0 Å². The maximum absolute atomic E-state index is 5.74. The van der Waals surface area contributed by atoms with Crippen LogP contribution in [0, 0.1) is 0 Å². The average Bonchev–Trinajstić information content (AvgIpc) is 2.26. The zero-order valence-electron chi connectivity index (χ0n) is 9.13. The quantitative estimate of drug-likeness (QED) is 0.781. The predicted molar refractivity (Wildman–Crippen MR) is 65.1 cm³/mol. The van der Waals surface area contributed by atoms with Crippen molar-refractivity contribution >= 4 is 17.3 Å². The van der Waals surface area contributed by atoms with E-state index in [9.17, 15) is 0 Å². The molecule has 1 aromatic heterocycles. The second-order valence-corrected chi connectivity index (χ2v) is 3.57. The molecule has 82 valence electrons. The van der Waals surface area contributed by atoms with Crippen LogP contribution in [-0.4, -0.2) is 18.6 Å². The Hall–Kier alpha value is -1.22. The van der Waals surface area contributed by atoms with Gasteiger partial charge < -0.3 is 10.2 Å². The minimum Gasteiger partial charge on any atom is -0.375 e. The highest BCUT2D eigenvalue weighted by atomic mass is 35.5. The van der Waals surface area contributed by atoms with Crippen LogP contribution in [0.4, 0.5) is 5.69 Å². The topological polar surface area (TPSA) is 28.2 Å². The van der Waals surface area contributed by atoms with Crippen molar-refractivity contribution in [3.05, 3.63) is 35.9 Å². The van der Waals surface area contributed by atoms with Crippen LogP contribution in [0.25, 0.3) is 0 Å². The lowest BCUT2D eigenvalue weighted by Gasteiger charge is -2.25. The molecule has 1 heterocycles. The Bertz CT molecular complexity index is 321. The number of anilines is 1. The Morgan fingerprint density at radius 2 is 2.33 bits per heavy atom. The third-order valence-corrected chi connectivity index (χ3v) is 2.31. The van der Waals surface area contributed by atoms with Crippen molar-refractivity contribution in [3.63, 3.8) is 0 Å². The lowest BCUT2D eigenvalue weighted by Crippen LogP contribution is -2.29. The summed E-state index contributed by atoms with van der Waals surface area (Å²) < 4.78 is 0. The van der Waals surface area contributed by atoms with Crippen molar-refractivity contribution in [3.8, 4) is 0 Å². The Morgan fingerprint density at radius 3 is 2.80 bits per heavy atom. The van der Waals surface area contributed by atoms with Crippen LogP contribution in [-0.2, 0) is 0 Å². The second-order valence-electron chi connectivity index (χ2n) is 3.19. The first-order valence-corrected chi connectivity index (χ1v) is 5.32. The lowest BCUT2D eigenvalue weighted by molar-refractivity contribution is 0.792. The fraction of sp³-hybridized carbons (Fsp3) is 0.364. The molecular formula is C11H16ClN3. The largest absolute Gasteiger partial charge is 0.375 e. The number of aromatic nitrogens is 1. The summed E-state index contributed by atoms with van der Waals surface area (Å²) in [6.45, 7) is 6.98. The Labute approximate surface area is 95.8 Å². The molecule has 0 saturated carbocycles. The van der Waals surface area contributed by atoms with Crippen molar-refractivity contribution in [1.82, 2.24) is 10.3 Å². The van der Waals surface area contributed by atoms with E-state index in [0.29, 0.717) is 5.15 Å². The summed E-state index contributed by atoms with van der Waals surface area (Å²) in [5, 5.41) is 3.54. The van der Waals surface area contributed by atoms with Gasteiger partial charge in [-0.25, -0.2) is 4.98 Å². The van der Waals surface area contributed by atoms with E-state index in [1.54, 1.807) is 12.3 Å². The molecule has 0 amide bonds. The van der Waals surface area contributed by atoms with Gasteiger partial charge in [0.2, 0.25) is 0 Å². The molecule has 3 nitrogen and oxygen atoms in total. The van der Waals surface area contributed by atoms with E-state index in [0.717, 1.165) is 24.5 Å². The maximum atomic E-state index is 5.74. The number of nitrogens with one attached hydrogen (secondary N) is 1. The SMILES string of the molecule is C=C(NC)N(CCC)c1ccc(Cl)nc1. The van der Waals surface area contributed by atoms with Crippen LogP contribution in [0.15, 0.2) is 30.7 Å². The van der Waals surface area contributed by atoms with Gasteiger partial charge in [-0.1, -0.05) is 25.1 Å². The van der Waals surface area contributed by atoms with Crippen LogP contribution in [0.2, 0.25) is 5.15 Å².